The smallest absolute Gasteiger partial charge is 0.124 e. The second-order valence-corrected chi connectivity index (χ2v) is 5.21. The largest absolute Gasteiger partial charge is 0.490 e. The molecule has 0 aromatic heterocycles. The van der Waals surface area contributed by atoms with Gasteiger partial charge in [0, 0.05) is 11.8 Å². The lowest BCUT2D eigenvalue weighted by Gasteiger charge is -2.29. The summed E-state index contributed by atoms with van der Waals surface area (Å²) in [7, 11) is 0. The van der Waals surface area contributed by atoms with E-state index in [1.54, 1.807) is 0 Å². The fourth-order valence-electron chi connectivity index (χ4n) is 2.64. The van der Waals surface area contributed by atoms with Crippen molar-refractivity contribution in [1.29, 1.82) is 0 Å². The molecule has 0 saturated heterocycles. The van der Waals surface area contributed by atoms with Gasteiger partial charge in [-0.1, -0.05) is 25.8 Å². The number of hydrogen-bond donors (Lipinski definition) is 1. The van der Waals surface area contributed by atoms with E-state index < -0.39 is 0 Å². The van der Waals surface area contributed by atoms with Crippen molar-refractivity contribution in [2.75, 3.05) is 5.73 Å². The number of nitrogens with two attached hydrogens (primary N) is 1. The summed E-state index contributed by atoms with van der Waals surface area (Å²) in [5.74, 6) is 1.81. The molecular weight excluding hydrogens is 210 g/mol. The molecule has 1 aliphatic carbocycles. The molecule has 0 aliphatic heterocycles. The second kappa shape index (κ2) is 5.44. The first-order chi connectivity index (χ1) is 8.19. The molecular formula is C15H23NO. The molecule has 2 atom stereocenters. The van der Waals surface area contributed by atoms with Gasteiger partial charge in [-0.05, 0) is 43.7 Å². The van der Waals surface area contributed by atoms with Crippen LogP contribution in [0.25, 0.3) is 0 Å². The Balaban J connectivity index is 2.02. The highest BCUT2D eigenvalue weighted by molar-refractivity contribution is 5.48. The van der Waals surface area contributed by atoms with Crippen molar-refractivity contribution in [3.8, 4) is 5.75 Å². The van der Waals surface area contributed by atoms with E-state index >= 15 is 0 Å². The van der Waals surface area contributed by atoms with E-state index in [1.165, 1.54) is 37.7 Å². The molecule has 0 amide bonds. The van der Waals surface area contributed by atoms with Crippen LogP contribution in [0.15, 0.2) is 18.2 Å². The summed E-state index contributed by atoms with van der Waals surface area (Å²) < 4.78 is 6.12. The Bertz CT molecular complexity index is 375. The first-order valence-electron chi connectivity index (χ1n) is 6.71. The minimum absolute atomic E-state index is 0.384. The molecule has 1 saturated carbocycles. The van der Waals surface area contributed by atoms with E-state index in [9.17, 15) is 0 Å². The van der Waals surface area contributed by atoms with E-state index in [0.717, 1.165) is 17.4 Å². The van der Waals surface area contributed by atoms with Crippen LogP contribution in [-0.4, -0.2) is 6.10 Å². The van der Waals surface area contributed by atoms with E-state index in [-0.39, 0.29) is 0 Å². The highest BCUT2D eigenvalue weighted by Gasteiger charge is 2.22. The molecule has 1 aromatic rings. The van der Waals surface area contributed by atoms with Crippen LogP contribution in [0.4, 0.5) is 5.69 Å². The Morgan fingerprint density at radius 1 is 1.35 bits per heavy atom. The molecule has 1 fully saturated rings. The van der Waals surface area contributed by atoms with Crippen LogP contribution in [0.5, 0.6) is 5.75 Å². The molecule has 2 rings (SSSR count). The van der Waals surface area contributed by atoms with Gasteiger partial charge in [0.05, 0.1) is 6.10 Å². The van der Waals surface area contributed by atoms with E-state index in [1.807, 2.05) is 18.2 Å². The Labute approximate surface area is 104 Å². The Kier molecular flexibility index (Phi) is 3.93. The summed E-state index contributed by atoms with van der Waals surface area (Å²) >= 11 is 0. The maximum absolute atomic E-state index is 6.12. The molecule has 2 nitrogen and oxygen atoms in total. The first kappa shape index (κ1) is 12.3. The summed E-state index contributed by atoms with van der Waals surface area (Å²) in [5, 5.41) is 0. The van der Waals surface area contributed by atoms with Crippen LogP contribution >= 0.6 is 0 Å². The summed E-state index contributed by atoms with van der Waals surface area (Å²) in [6.07, 6.45) is 6.71. The predicted molar refractivity (Wildman–Crippen MR) is 72.3 cm³/mol. The summed E-state index contributed by atoms with van der Waals surface area (Å²) in [5.41, 5.74) is 7.77. The van der Waals surface area contributed by atoms with Crippen molar-refractivity contribution in [2.45, 2.75) is 52.1 Å². The van der Waals surface area contributed by atoms with Gasteiger partial charge in [0.15, 0.2) is 0 Å². The van der Waals surface area contributed by atoms with Gasteiger partial charge in [0.25, 0.3) is 0 Å². The first-order valence-corrected chi connectivity index (χ1v) is 6.71. The van der Waals surface area contributed by atoms with Crippen molar-refractivity contribution in [3.05, 3.63) is 23.8 Å². The Morgan fingerprint density at radius 3 is 2.94 bits per heavy atom. The quantitative estimate of drug-likeness (QED) is 0.803. The van der Waals surface area contributed by atoms with E-state index in [2.05, 4.69) is 13.8 Å². The van der Waals surface area contributed by atoms with Gasteiger partial charge in [-0.25, -0.2) is 0 Å². The van der Waals surface area contributed by atoms with Gasteiger partial charge in [-0.15, -0.1) is 0 Å². The monoisotopic (exact) mass is 233 g/mol. The number of nitrogen functional groups attached to an aromatic ring is 1. The molecule has 0 heterocycles. The molecule has 2 heteroatoms. The lowest BCUT2D eigenvalue weighted by Crippen LogP contribution is -2.25. The molecule has 1 aromatic carbocycles. The molecule has 0 radical (unpaired) electrons. The molecule has 2 unspecified atom stereocenters. The van der Waals surface area contributed by atoms with E-state index in [0.29, 0.717) is 6.10 Å². The molecule has 0 bridgehead atoms. The lowest BCUT2D eigenvalue weighted by molar-refractivity contribution is 0.121. The molecule has 0 spiro atoms. The van der Waals surface area contributed by atoms with Crippen LogP contribution in [0.2, 0.25) is 0 Å². The third kappa shape index (κ3) is 3.15. The second-order valence-electron chi connectivity index (χ2n) is 5.21. The van der Waals surface area contributed by atoms with Crippen LogP contribution in [0.1, 0.15) is 44.6 Å². The minimum atomic E-state index is 0.384. The summed E-state index contributed by atoms with van der Waals surface area (Å²) in [6.45, 7) is 4.35. The molecule has 94 valence electrons. The lowest BCUT2D eigenvalue weighted by atomic mass is 9.85. The number of rotatable bonds is 3. The van der Waals surface area contributed by atoms with Crippen molar-refractivity contribution >= 4 is 5.69 Å². The number of ether oxygens (including phenoxy) is 1. The van der Waals surface area contributed by atoms with E-state index in [4.69, 9.17) is 10.5 Å². The fourth-order valence-corrected chi connectivity index (χ4v) is 2.64. The van der Waals surface area contributed by atoms with Crippen LogP contribution in [0, 0.1) is 12.8 Å². The van der Waals surface area contributed by atoms with Gasteiger partial charge in [-0.2, -0.15) is 0 Å². The third-order valence-corrected chi connectivity index (χ3v) is 3.82. The number of hydrogen-bond acceptors (Lipinski definition) is 2. The van der Waals surface area contributed by atoms with Gasteiger partial charge in [-0.3, -0.25) is 0 Å². The van der Waals surface area contributed by atoms with Gasteiger partial charge in [0.1, 0.15) is 5.75 Å². The maximum Gasteiger partial charge on any atom is 0.124 e. The normalized spacial score (nSPS) is 24.6. The standard InChI is InChI=1S/C15H23NO/c1-3-12-5-4-6-14(9-12)17-15-10-13(16)8-7-11(15)2/h7-8,10,12,14H,3-6,9,16H2,1-2H3. The number of benzene rings is 1. The van der Waals surface area contributed by atoms with Crippen molar-refractivity contribution in [2.24, 2.45) is 5.92 Å². The average Bonchev–Trinajstić information content (AvgIpc) is 2.34. The molecule has 1 aliphatic rings. The molecule has 17 heavy (non-hydrogen) atoms. The van der Waals surface area contributed by atoms with Gasteiger partial charge >= 0.3 is 0 Å². The fraction of sp³-hybridized carbons (Fsp3) is 0.600. The average molecular weight is 233 g/mol. The highest BCUT2D eigenvalue weighted by atomic mass is 16.5. The van der Waals surface area contributed by atoms with Crippen molar-refractivity contribution < 1.29 is 4.74 Å². The zero-order valence-electron chi connectivity index (χ0n) is 10.9. The highest BCUT2D eigenvalue weighted by Crippen LogP contribution is 2.31. The number of aryl methyl sites for hydroxylation is 1. The predicted octanol–water partition coefficient (Wildman–Crippen LogP) is 3.92. The van der Waals surface area contributed by atoms with Crippen LogP contribution in [0.3, 0.4) is 0 Å². The van der Waals surface area contributed by atoms with Crippen LogP contribution in [-0.2, 0) is 0 Å². The zero-order valence-corrected chi connectivity index (χ0v) is 10.9. The summed E-state index contributed by atoms with van der Waals surface area (Å²) in [6, 6.07) is 5.91. The van der Waals surface area contributed by atoms with Gasteiger partial charge < -0.3 is 10.5 Å². The van der Waals surface area contributed by atoms with Crippen molar-refractivity contribution in [1.82, 2.24) is 0 Å². The maximum atomic E-state index is 6.12. The minimum Gasteiger partial charge on any atom is -0.490 e. The SMILES string of the molecule is CCC1CCCC(Oc2cc(N)ccc2C)C1. The molecule has 2 N–H and O–H groups in total. The Morgan fingerprint density at radius 2 is 2.18 bits per heavy atom. The topological polar surface area (TPSA) is 35.2 Å². The number of anilines is 1. The Hall–Kier alpha value is -1.18. The third-order valence-electron chi connectivity index (χ3n) is 3.82. The zero-order chi connectivity index (χ0) is 12.3. The van der Waals surface area contributed by atoms with Crippen molar-refractivity contribution in [3.63, 3.8) is 0 Å². The van der Waals surface area contributed by atoms with Crippen LogP contribution < -0.4 is 10.5 Å². The van der Waals surface area contributed by atoms with Gasteiger partial charge in [0.2, 0.25) is 0 Å². The summed E-state index contributed by atoms with van der Waals surface area (Å²) in [4.78, 5) is 0.